The van der Waals surface area contributed by atoms with E-state index in [9.17, 15) is 9.59 Å². The van der Waals surface area contributed by atoms with Gasteiger partial charge in [0, 0.05) is 62.8 Å². The summed E-state index contributed by atoms with van der Waals surface area (Å²) in [7, 11) is 6.33. The van der Waals surface area contributed by atoms with Gasteiger partial charge in [-0.25, -0.2) is 9.78 Å². The normalized spacial score (nSPS) is 11.3. The molecule has 320 valence electrons. The molecular formula is C46H56N4O10. The van der Waals surface area contributed by atoms with Crippen LogP contribution in [0.3, 0.4) is 0 Å². The molecule has 5 rings (SSSR count). The number of urea groups is 1. The van der Waals surface area contributed by atoms with Crippen LogP contribution in [-0.2, 0) is 30.8 Å². The summed E-state index contributed by atoms with van der Waals surface area (Å²) in [5, 5.41) is 7.41. The number of aromatic nitrogens is 2. The number of ether oxygens (including phenoxy) is 8. The van der Waals surface area contributed by atoms with Gasteiger partial charge in [0.2, 0.25) is 5.88 Å². The van der Waals surface area contributed by atoms with Gasteiger partial charge in [-0.3, -0.25) is 4.79 Å². The average molecular weight is 825 g/mol. The van der Waals surface area contributed by atoms with Crippen LogP contribution < -0.4 is 29.6 Å². The van der Waals surface area contributed by atoms with E-state index >= 15 is 0 Å². The zero-order valence-corrected chi connectivity index (χ0v) is 35.6. The number of fused-ring (bicyclic) bond motifs is 1. The van der Waals surface area contributed by atoms with Gasteiger partial charge >= 0.3 is 6.03 Å². The van der Waals surface area contributed by atoms with E-state index < -0.39 is 6.03 Å². The first-order chi connectivity index (χ1) is 29.0. The number of carbonyl (C=O) groups excluding carboxylic acids is 2. The Balaban J connectivity index is 1.27. The van der Waals surface area contributed by atoms with Gasteiger partial charge in [0.25, 0.3) is 0 Å². The number of rotatable bonds is 23. The number of hydrogen-bond donors (Lipinski definition) is 2. The van der Waals surface area contributed by atoms with E-state index in [2.05, 4.69) is 15.6 Å². The molecule has 0 aliphatic rings. The maximum atomic E-state index is 13.6. The summed E-state index contributed by atoms with van der Waals surface area (Å²) in [6, 6.07) is 21.7. The van der Waals surface area contributed by atoms with Crippen molar-refractivity contribution >= 4 is 34.0 Å². The van der Waals surface area contributed by atoms with Crippen LogP contribution in [0.4, 0.5) is 16.2 Å². The Morgan fingerprint density at radius 2 is 1.40 bits per heavy atom. The van der Waals surface area contributed by atoms with Crippen molar-refractivity contribution in [3.63, 3.8) is 0 Å². The zero-order chi connectivity index (χ0) is 42.9. The lowest BCUT2D eigenvalue weighted by Crippen LogP contribution is -2.22. The van der Waals surface area contributed by atoms with Crippen LogP contribution in [0.5, 0.6) is 28.9 Å². The van der Waals surface area contributed by atoms with E-state index in [1.165, 1.54) is 7.11 Å². The quantitative estimate of drug-likeness (QED) is 0.0478. The standard InChI is InChI=1S/C46H56N4O10/c1-46(2,3)32-28-37(40(51)13-10-18-53-4)44(56-7)39(29-32)49-45(52)48-38-14-15-41(36-12-9-8-11-35(36)38)60-43-16-17-47-42(50-43)27-31-25-33(55-6)30-34(26-31)59-24-23-58-22-21-57-20-19-54-5/h8-9,11-12,14-17,25-26,28-30H,10,13,18-24,27H2,1-7H3,(H2,48,49,52). The molecule has 60 heavy (non-hydrogen) atoms. The van der Waals surface area contributed by atoms with Gasteiger partial charge < -0.3 is 48.5 Å². The van der Waals surface area contributed by atoms with Gasteiger partial charge in [-0.05, 0) is 59.4 Å². The Morgan fingerprint density at radius 3 is 2.12 bits per heavy atom. The van der Waals surface area contributed by atoms with Crippen LogP contribution in [0.2, 0.25) is 0 Å². The van der Waals surface area contributed by atoms with Crippen molar-refractivity contribution in [2.24, 2.45) is 0 Å². The molecular weight excluding hydrogens is 769 g/mol. The molecule has 2 N–H and O–H groups in total. The van der Waals surface area contributed by atoms with E-state index in [0.717, 1.165) is 21.9 Å². The molecule has 0 fully saturated rings. The molecule has 5 aromatic rings. The first kappa shape index (κ1) is 45.3. The highest BCUT2D eigenvalue weighted by atomic mass is 16.6. The van der Waals surface area contributed by atoms with E-state index in [1.54, 1.807) is 45.7 Å². The lowest BCUT2D eigenvalue weighted by Gasteiger charge is -2.23. The number of amides is 2. The fourth-order valence-electron chi connectivity index (χ4n) is 6.27. The highest BCUT2D eigenvalue weighted by Gasteiger charge is 2.24. The van der Waals surface area contributed by atoms with Crippen LogP contribution in [-0.4, -0.2) is 96.5 Å². The first-order valence-corrected chi connectivity index (χ1v) is 19.8. The van der Waals surface area contributed by atoms with Crippen LogP contribution in [0, 0.1) is 0 Å². The Kier molecular flexibility index (Phi) is 17.0. The molecule has 1 heterocycles. The number of carbonyl (C=O) groups is 2. The van der Waals surface area contributed by atoms with Gasteiger partial charge in [0.1, 0.15) is 29.7 Å². The molecule has 0 saturated heterocycles. The number of ketones is 1. The summed E-state index contributed by atoms with van der Waals surface area (Å²) in [6.07, 6.45) is 2.89. The molecule has 2 amide bonds. The number of nitrogens with zero attached hydrogens (tertiary/aromatic N) is 2. The minimum atomic E-state index is -0.504. The summed E-state index contributed by atoms with van der Waals surface area (Å²) in [6.45, 7) is 9.40. The summed E-state index contributed by atoms with van der Waals surface area (Å²) in [5.41, 5.74) is 2.81. The number of nitrogens with one attached hydrogen (secondary N) is 2. The van der Waals surface area contributed by atoms with E-state index in [4.69, 9.17) is 42.9 Å². The molecule has 0 unspecified atom stereocenters. The van der Waals surface area contributed by atoms with Gasteiger partial charge in [-0.1, -0.05) is 45.0 Å². The van der Waals surface area contributed by atoms with Crippen molar-refractivity contribution in [3.8, 4) is 28.9 Å². The van der Waals surface area contributed by atoms with Gasteiger partial charge in [0.05, 0.1) is 64.2 Å². The first-order valence-electron chi connectivity index (χ1n) is 19.8. The Labute approximate surface area is 351 Å². The third-order valence-corrected chi connectivity index (χ3v) is 9.32. The second kappa shape index (κ2) is 22.5. The number of hydrogen-bond acceptors (Lipinski definition) is 12. The van der Waals surface area contributed by atoms with Crippen molar-refractivity contribution in [2.45, 2.75) is 45.4 Å². The Morgan fingerprint density at radius 1 is 0.700 bits per heavy atom. The lowest BCUT2D eigenvalue weighted by molar-refractivity contribution is 0.0179. The van der Waals surface area contributed by atoms with E-state index in [-0.39, 0.29) is 17.6 Å². The summed E-state index contributed by atoms with van der Waals surface area (Å²) in [5.74, 6) is 2.91. The van der Waals surface area contributed by atoms with Crippen molar-refractivity contribution in [1.82, 2.24) is 9.97 Å². The second-order valence-electron chi connectivity index (χ2n) is 14.8. The van der Waals surface area contributed by atoms with Crippen LogP contribution in [0.1, 0.15) is 60.9 Å². The molecule has 4 aromatic carbocycles. The second-order valence-corrected chi connectivity index (χ2v) is 14.8. The van der Waals surface area contributed by atoms with Crippen LogP contribution in [0.15, 0.2) is 79.0 Å². The topological polar surface area (TPSA) is 158 Å². The van der Waals surface area contributed by atoms with Gasteiger partial charge in [-0.2, -0.15) is 4.98 Å². The molecule has 0 radical (unpaired) electrons. The molecule has 0 bridgehead atoms. The summed E-state index contributed by atoms with van der Waals surface area (Å²) < 4.78 is 44.7. The largest absolute Gasteiger partial charge is 0.497 e. The van der Waals surface area contributed by atoms with Gasteiger partial charge in [-0.15, -0.1) is 0 Å². The monoisotopic (exact) mass is 824 g/mol. The van der Waals surface area contributed by atoms with E-state index in [0.29, 0.717) is 111 Å². The third-order valence-electron chi connectivity index (χ3n) is 9.32. The number of benzene rings is 4. The molecule has 0 aliphatic heterocycles. The predicted molar refractivity (Wildman–Crippen MR) is 231 cm³/mol. The molecule has 0 atom stereocenters. The summed E-state index contributed by atoms with van der Waals surface area (Å²) in [4.78, 5) is 36.2. The number of methoxy groups -OCH3 is 4. The number of Topliss-reactive ketones (excluding diaryl/α,β-unsaturated/α-hetero) is 1. The van der Waals surface area contributed by atoms with Crippen molar-refractivity contribution in [3.05, 3.63) is 102 Å². The number of anilines is 2. The molecule has 14 nitrogen and oxygen atoms in total. The van der Waals surface area contributed by atoms with Crippen molar-refractivity contribution in [2.75, 3.05) is 85.3 Å². The highest BCUT2D eigenvalue weighted by Crippen LogP contribution is 2.38. The molecule has 1 aromatic heterocycles. The zero-order valence-electron chi connectivity index (χ0n) is 35.6. The van der Waals surface area contributed by atoms with Crippen LogP contribution in [0.25, 0.3) is 10.8 Å². The minimum absolute atomic E-state index is 0.0929. The SMILES string of the molecule is COCCCC(=O)c1cc(C(C)(C)C)cc(NC(=O)Nc2ccc(Oc3ccnc(Cc4cc(OC)cc(OCCOCCOCCOC)c4)n3)c3ccccc23)c1OC. The fraction of sp³-hybridized carbons (Fsp3) is 0.391. The molecule has 0 saturated carbocycles. The third kappa shape index (κ3) is 13.1. The van der Waals surface area contributed by atoms with Crippen molar-refractivity contribution < 1.29 is 47.5 Å². The maximum absolute atomic E-state index is 13.6. The lowest BCUT2D eigenvalue weighted by atomic mass is 9.84. The smallest absolute Gasteiger partial charge is 0.323 e. The summed E-state index contributed by atoms with van der Waals surface area (Å²) >= 11 is 0. The highest BCUT2D eigenvalue weighted by molar-refractivity contribution is 6.09. The Bertz CT molecular complexity index is 2190. The average Bonchev–Trinajstić information content (AvgIpc) is 3.23. The van der Waals surface area contributed by atoms with Crippen molar-refractivity contribution in [1.29, 1.82) is 0 Å². The fourth-order valence-corrected chi connectivity index (χ4v) is 6.27. The molecule has 0 aliphatic carbocycles. The predicted octanol–water partition coefficient (Wildman–Crippen LogP) is 8.64. The minimum Gasteiger partial charge on any atom is -0.497 e. The molecule has 14 heteroatoms. The maximum Gasteiger partial charge on any atom is 0.323 e. The van der Waals surface area contributed by atoms with Gasteiger partial charge in [0.15, 0.2) is 11.5 Å². The molecule has 0 spiro atoms. The van der Waals surface area contributed by atoms with Crippen LogP contribution >= 0.6 is 0 Å². The van der Waals surface area contributed by atoms with E-state index in [1.807, 2.05) is 75.4 Å². The Hall–Kier alpha value is -5.80.